The first-order chi connectivity index (χ1) is 13.4. The van der Waals surface area contributed by atoms with Gasteiger partial charge < -0.3 is 19.7 Å². The first kappa shape index (κ1) is 19.9. The fourth-order valence-electron chi connectivity index (χ4n) is 2.84. The van der Waals surface area contributed by atoms with Crippen LogP contribution in [0.25, 0.3) is 0 Å². The van der Waals surface area contributed by atoms with Crippen molar-refractivity contribution in [1.82, 2.24) is 10.3 Å². The van der Waals surface area contributed by atoms with Crippen molar-refractivity contribution in [3.63, 3.8) is 0 Å². The van der Waals surface area contributed by atoms with Gasteiger partial charge in [-0.2, -0.15) is 13.2 Å². The number of nitrogens with one attached hydrogen (secondary N) is 1. The van der Waals surface area contributed by atoms with Crippen molar-refractivity contribution >= 4 is 11.7 Å². The summed E-state index contributed by atoms with van der Waals surface area (Å²) in [4.78, 5) is 18.5. The maximum absolute atomic E-state index is 13.0. The van der Waals surface area contributed by atoms with Crippen molar-refractivity contribution in [1.29, 1.82) is 0 Å². The third-order valence-electron chi connectivity index (χ3n) is 4.21. The van der Waals surface area contributed by atoms with Crippen molar-refractivity contribution in [3.8, 4) is 5.75 Å². The Morgan fingerprint density at radius 3 is 2.68 bits per heavy atom. The molecule has 0 atom stereocenters. The highest BCUT2D eigenvalue weighted by atomic mass is 19.4. The van der Waals surface area contributed by atoms with Gasteiger partial charge in [-0.05, 0) is 18.2 Å². The highest BCUT2D eigenvalue weighted by Crippen LogP contribution is 2.35. The number of anilines is 1. The highest BCUT2D eigenvalue weighted by molar-refractivity contribution is 5.77. The Morgan fingerprint density at radius 1 is 1.18 bits per heavy atom. The van der Waals surface area contributed by atoms with Crippen LogP contribution >= 0.6 is 0 Å². The summed E-state index contributed by atoms with van der Waals surface area (Å²) in [6, 6.07) is 8.41. The molecule has 28 heavy (non-hydrogen) atoms. The van der Waals surface area contributed by atoms with E-state index in [2.05, 4.69) is 15.2 Å². The summed E-state index contributed by atoms with van der Waals surface area (Å²) in [5.74, 6) is -0.135. The molecule has 9 heteroatoms. The molecule has 0 saturated carbocycles. The van der Waals surface area contributed by atoms with Gasteiger partial charge in [0.1, 0.15) is 11.6 Å². The van der Waals surface area contributed by atoms with Crippen LogP contribution < -0.4 is 15.0 Å². The predicted octanol–water partition coefficient (Wildman–Crippen LogP) is 2.63. The minimum absolute atomic E-state index is 0.198. The van der Waals surface area contributed by atoms with Crippen LogP contribution in [0.15, 0.2) is 42.6 Å². The lowest BCUT2D eigenvalue weighted by atomic mass is 10.2. The van der Waals surface area contributed by atoms with Crippen LogP contribution in [0, 0.1) is 0 Å². The fraction of sp³-hybridized carbons (Fsp3) is 0.368. The zero-order chi connectivity index (χ0) is 20.0. The number of carbonyl (C=O) groups is 1. The molecule has 1 aliphatic rings. The Morgan fingerprint density at radius 2 is 1.93 bits per heavy atom. The summed E-state index contributed by atoms with van der Waals surface area (Å²) >= 11 is 0. The molecule has 0 unspecified atom stereocenters. The monoisotopic (exact) mass is 395 g/mol. The zero-order valence-electron chi connectivity index (χ0n) is 15.0. The van der Waals surface area contributed by atoms with Gasteiger partial charge in [0.05, 0.1) is 18.8 Å². The quantitative estimate of drug-likeness (QED) is 0.815. The molecule has 1 aliphatic heterocycles. The number of amides is 1. The second kappa shape index (κ2) is 8.92. The third kappa shape index (κ3) is 5.13. The van der Waals surface area contributed by atoms with E-state index in [0.717, 1.165) is 17.4 Å². The van der Waals surface area contributed by atoms with E-state index in [1.807, 2.05) is 6.07 Å². The predicted molar refractivity (Wildman–Crippen MR) is 96.1 cm³/mol. The molecule has 1 amide bonds. The fourth-order valence-corrected chi connectivity index (χ4v) is 2.84. The van der Waals surface area contributed by atoms with Gasteiger partial charge in [0, 0.05) is 31.4 Å². The number of ether oxygens (including phenoxy) is 2. The van der Waals surface area contributed by atoms with Crippen LogP contribution in [-0.2, 0) is 22.3 Å². The van der Waals surface area contributed by atoms with Crippen molar-refractivity contribution in [2.24, 2.45) is 0 Å². The average molecular weight is 395 g/mol. The number of aromatic nitrogens is 1. The average Bonchev–Trinajstić information content (AvgIpc) is 2.71. The molecule has 1 aromatic carbocycles. The Balaban J connectivity index is 1.57. The van der Waals surface area contributed by atoms with Crippen LogP contribution in [0.5, 0.6) is 5.75 Å². The molecule has 6 nitrogen and oxygen atoms in total. The summed E-state index contributed by atoms with van der Waals surface area (Å²) in [5.41, 5.74) is -0.0990. The largest absolute Gasteiger partial charge is 0.483 e. The van der Waals surface area contributed by atoms with Crippen LogP contribution in [-0.4, -0.2) is 43.8 Å². The van der Waals surface area contributed by atoms with Crippen LogP contribution in [0.4, 0.5) is 19.0 Å². The molecule has 1 N–H and O–H groups in total. The molecule has 1 aromatic heterocycles. The lowest BCUT2D eigenvalue weighted by molar-refractivity contribution is -0.139. The maximum Gasteiger partial charge on any atom is 0.419 e. The summed E-state index contributed by atoms with van der Waals surface area (Å²) in [5, 5.41) is 2.66. The molecule has 0 aliphatic carbocycles. The van der Waals surface area contributed by atoms with E-state index in [1.165, 1.54) is 18.2 Å². The Labute approximate surface area is 160 Å². The highest BCUT2D eigenvalue weighted by Gasteiger charge is 2.34. The summed E-state index contributed by atoms with van der Waals surface area (Å²) in [6.45, 7) is 2.30. The Kier molecular flexibility index (Phi) is 6.35. The number of benzene rings is 1. The molecule has 1 saturated heterocycles. The van der Waals surface area contributed by atoms with Gasteiger partial charge in [-0.25, -0.2) is 4.98 Å². The number of rotatable bonds is 6. The SMILES string of the molecule is O=C(COc1ccccc1C(F)(F)F)NCc1cccnc1N1CCOCC1. The van der Waals surface area contributed by atoms with Gasteiger partial charge in [-0.3, -0.25) is 4.79 Å². The van der Waals surface area contributed by atoms with E-state index in [-0.39, 0.29) is 12.3 Å². The number of nitrogens with zero attached hydrogens (tertiary/aromatic N) is 2. The zero-order valence-corrected chi connectivity index (χ0v) is 15.0. The van der Waals surface area contributed by atoms with Gasteiger partial charge >= 0.3 is 6.18 Å². The number of alkyl halides is 3. The minimum atomic E-state index is -4.55. The molecular formula is C19H20F3N3O3. The molecule has 3 rings (SSSR count). The minimum Gasteiger partial charge on any atom is -0.483 e. The molecular weight excluding hydrogens is 375 g/mol. The van der Waals surface area contributed by atoms with E-state index < -0.39 is 24.3 Å². The number of morpholine rings is 1. The molecule has 2 heterocycles. The molecule has 0 spiro atoms. The summed E-state index contributed by atoms with van der Waals surface area (Å²) in [6.07, 6.45) is -2.87. The summed E-state index contributed by atoms with van der Waals surface area (Å²) in [7, 11) is 0. The standard InChI is InChI=1S/C19H20F3N3O3/c20-19(21,22)15-5-1-2-6-16(15)28-13-17(26)24-12-14-4-3-7-23-18(14)25-8-10-27-11-9-25/h1-7H,8-13H2,(H,24,26). The lowest BCUT2D eigenvalue weighted by Crippen LogP contribution is -2.38. The number of hydrogen-bond donors (Lipinski definition) is 1. The lowest BCUT2D eigenvalue weighted by Gasteiger charge is -2.29. The van der Waals surface area contributed by atoms with Gasteiger partial charge in [0.2, 0.25) is 0 Å². The molecule has 0 bridgehead atoms. The topological polar surface area (TPSA) is 63.7 Å². The molecule has 2 aromatic rings. The number of hydrogen-bond acceptors (Lipinski definition) is 5. The first-order valence-corrected chi connectivity index (χ1v) is 8.77. The van der Waals surface area contributed by atoms with Gasteiger partial charge in [-0.1, -0.05) is 18.2 Å². The third-order valence-corrected chi connectivity index (χ3v) is 4.21. The van der Waals surface area contributed by atoms with Crippen molar-refractivity contribution in [3.05, 3.63) is 53.7 Å². The maximum atomic E-state index is 13.0. The second-order valence-electron chi connectivity index (χ2n) is 6.14. The number of carbonyl (C=O) groups excluding carboxylic acids is 1. The van der Waals surface area contributed by atoms with Crippen molar-refractivity contribution in [2.45, 2.75) is 12.7 Å². The van der Waals surface area contributed by atoms with Crippen LogP contribution in [0.3, 0.4) is 0 Å². The number of pyridine rings is 1. The van der Waals surface area contributed by atoms with Crippen LogP contribution in [0.2, 0.25) is 0 Å². The number of para-hydroxylation sites is 1. The first-order valence-electron chi connectivity index (χ1n) is 8.77. The van der Waals surface area contributed by atoms with Gasteiger partial charge in [0.25, 0.3) is 5.91 Å². The normalized spacial score (nSPS) is 14.6. The molecule has 1 fully saturated rings. The number of halogens is 3. The Hall–Kier alpha value is -2.81. The van der Waals surface area contributed by atoms with Gasteiger partial charge in [-0.15, -0.1) is 0 Å². The van der Waals surface area contributed by atoms with Crippen LogP contribution in [0.1, 0.15) is 11.1 Å². The van der Waals surface area contributed by atoms with Crippen molar-refractivity contribution in [2.75, 3.05) is 37.8 Å². The van der Waals surface area contributed by atoms with E-state index in [0.29, 0.717) is 26.3 Å². The van der Waals surface area contributed by atoms with Gasteiger partial charge in [0.15, 0.2) is 6.61 Å². The van der Waals surface area contributed by atoms with E-state index in [4.69, 9.17) is 9.47 Å². The second-order valence-corrected chi connectivity index (χ2v) is 6.14. The molecule has 150 valence electrons. The van der Waals surface area contributed by atoms with Crippen molar-refractivity contribution < 1.29 is 27.4 Å². The summed E-state index contributed by atoms with van der Waals surface area (Å²) < 4.78 is 49.3. The van der Waals surface area contributed by atoms with E-state index in [1.54, 1.807) is 12.3 Å². The Bertz CT molecular complexity index is 808. The smallest absolute Gasteiger partial charge is 0.419 e. The molecule has 0 radical (unpaired) electrons. The van der Waals surface area contributed by atoms with E-state index >= 15 is 0 Å². The van der Waals surface area contributed by atoms with E-state index in [9.17, 15) is 18.0 Å².